The Kier molecular flexibility index (Phi) is 3.28. The van der Waals surface area contributed by atoms with Gasteiger partial charge in [-0.15, -0.1) is 0 Å². The second-order valence-electron chi connectivity index (χ2n) is 3.87. The third-order valence-electron chi connectivity index (χ3n) is 2.45. The molecule has 0 saturated carbocycles. The molecule has 14 heavy (non-hydrogen) atoms. The van der Waals surface area contributed by atoms with Crippen LogP contribution in [0.15, 0.2) is 18.2 Å². The molecular formula is C12H16O2. The monoisotopic (exact) mass is 192 g/mol. The summed E-state index contributed by atoms with van der Waals surface area (Å²) in [6.45, 7) is 5.80. The molecular weight excluding hydrogens is 176 g/mol. The number of hydrogen-bond acceptors (Lipinski definition) is 1. The smallest absolute Gasteiger partial charge is 0.306 e. The van der Waals surface area contributed by atoms with Crippen LogP contribution < -0.4 is 0 Å². The Morgan fingerprint density at radius 2 is 2.07 bits per heavy atom. The highest BCUT2D eigenvalue weighted by Gasteiger charge is 2.12. The second-order valence-corrected chi connectivity index (χ2v) is 3.87. The molecule has 0 radical (unpaired) electrons. The molecule has 2 heteroatoms. The lowest BCUT2D eigenvalue weighted by Crippen LogP contribution is -2.12. The predicted octanol–water partition coefficient (Wildman–Crippen LogP) is 2.57. The summed E-state index contributed by atoms with van der Waals surface area (Å²) >= 11 is 0. The van der Waals surface area contributed by atoms with Gasteiger partial charge < -0.3 is 5.11 Å². The first kappa shape index (κ1) is 10.8. The number of carbonyl (C=O) groups is 1. The van der Waals surface area contributed by atoms with Gasteiger partial charge >= 0.3 is 5.97 Å². The van der Waals surface area contributed by atoms with Crippen molar-refractivity contribution in [2.45, 2.75) is 27.2 Å². The number of aliphatic carboxylic acids is 1. The van der Waals surface area contributed by atoms with Crippen molar-refractivity contribution in [3.05, 3.63) is 34.9 Å². The number of aryl methyl sites for hydroxylation is 2. The van der Waals surface area contributed by atoms with Gasteiger partial charge in [0.2, 0.25) is 0 Å². The summed E-state index contributed by atoms with van der Waals surface area (Å²) < 4.78 is 0. The molecule has 0 heterocycles. The molecule has 1 aromatic rings. The fraction of sp³-hybridized carbons (Fsp3) is 0.417. The van der Waals surface area contributed by atoms with Crippen molar-refractivity contribution in [2.75, 3.05) is 0 Å². The van der Waals surface area contributed by atoms with Crippen LogP contribution in [0.2, 0.25) is 0 Å². The minimum Gasteiger partial charge on any atom is -0.481 e. The van der Waals surface area contributed by atoms with Crippen molar-refractivity contribution in [1.82, 2.24) is 0 Å². The van der Waals surface area contributed by atoms with Crippen LogP contribution in [0.3, 0.4) is 0 Å². The van der Waals surface area contributed by atoms with Crippen LogP contribution in [-0.4, -0.2) is 11.1 Å². The van der Waals surface area contributed by atoms with E-state index < -0.39 is 5.97 Å². The van der Waals surface area contributed by atoms with Gasteiger partial charge in [0.05, 0.1) is 5.92 Å². The summed E-state index contributed by atoms with van der Waals surface area (Å²) in [4.78, 5) is 10.7. The molecule has 0 unspecified atom stereocenters. The lowest BCUT2D eigenvalue weighted by molar-refractivity contribution is -0.141. The highest BCUT2D eigenvalue weighted by Crippen LogP contribution is 2.15. The average molecular weight is 192 g/mol. The van der Waals surface area contributed by atoms with Crippen molar-refractivity contribution in [1.29, 1.82) is 0 Å². The Bertz CT molecular complexity index is 342. The van der Waals surface area contributed by atoms with Crippen LogP contribution >= 0.6 is 0 Å². The largest absolute Gasteiger partial charge is 0.481 e. The van der Waals surface area contributed by atoms with E-state index in [0.29, 0.717) is 6.42 Å². The highest BCUT2D eigenvalue weighted by molar-refractivity contribution is 5.70. The Balaban J connectivity index is 2.82. The zero-order valence-corrected chi connectivity index (χ0v) is 8.87. The van der Waals surface area contributed by atoms with Gasteiger partial charge in [0.15, 0.2) is 0 Å². The van der Waals surface area contributed by atoms with Crippen LogP contribution in [0.1, 0.15) is 23.6 Å². The average Bonchev–Trinajstić information content (AvgIpc) is 2.09. The van der Waals surface area contributed by atoms with Crippen molar-refractivity contribution < 1.29 is 9.90 Å². The van der Waals surface area contributed by atoms with Crippen LogP contribution in [0.25, 0.3) is 0 Å². The Labute approximate surface area is 84.6 Å². The molecule has 1 aromatic carbocycles. The summed E-state index contributed by atoms with van der Waals surface area (Å²) in [6.07, 6.45) is 0.613. The molecule has 1 N–H and O–H groups in total. The summed E-state index contributed by atoms with van der Waals surface area (Å²) in [6, 6.07) is 6.13. The van der Waals surface area contributed by atoms with Crippen molar-refractivity contribution in [2.24, 2.45) is 5.92 Å². The number of benzene rings is 1. The van der Waals surface area contributed by atoms with E-state index in [0.717, 1.165) is 5.56 Å². The Morgan fingerprint density at radius 3 is 2.57 bits per heavy atom. The maximum absolute atomic E-state index is 10.7. The van der Waals surface area contributed by atoms with Crippen molar-refractivity contribution in [3.8, 4) is 0 Å². The molecule has 2 nitrogen and oxygen atoms in total. The van der Waals surface area contributed by atoms with E-state index in [1.54, 1.807) is 6.92 Å². The highest BCUT2D eigenvalue weighted by atomic mass is 16.4. The van der Waals surface area contributed by atoms with Gasteiger partial charge in [-0.1, -0.05) is 30.7 Å². The molecule has 0 fully saturated rings. The molecule has 0 saturated heterocycles. The lowest BCUT2D eigenvalue weighted by atomic mass is 9.96. The molecule has 1 atom stereocenters. The van der Waals surface area contributed by atoms with Gasteiger partial charge in [-0.3, -0.25) is 4.79 Å². The Morgan fingerprint density at radius 1 is 1.43 bits per heavy atom. The van der Waals surface area contributed by atoms with Crippen LogP contribution in [0.4, 0.5) is 0 Å². The molecule has 0 aliphatic heterocycles. The van der Waals surface area contributed by atoms with E-state index in [9.17, 15) is 4.79 Å². The van der Waals surface area contributed by atoms with Gasteiger partial charge in [-0.25, -0.2) is 0 Å². The zero-order valence-electron chi connectivity index (χ0n) is 8.87. The number of rotatable bonds is 3. The number of hydrogen-bond donors (Lipinski definition) is 1. The van der Waals surface area contributed by atoms with Gasteiger partial charge in [0.1, 0.15) is 0 Å². The zero-order chi connectivity index (χ0) is 10.7. The second kappa shape index (κ2) is 4.27. The van der Waals surface area contributed by atoms with E-state index in [-0.39, 0.29) is 5.92 Å². The minimum absolute atomic E-state index is 0.309. The predicted molar refractivity (Wildman–Crippen MR) is 56.4 cm³/mol. The van der Waals surface area contributed by atoms with Gasteiger partial charge in [0, 0.05) is 0 Å². The maximum Gasteiger partial charge on any atom is 0.306 e. The van der Waals surface area contributed by atoms with Gasteiger partial charge in [-0.2, -0.15) is 0 Å². The molecule has 0 bridgehead atoms. The summed E-state index contributed by atoms with van der Waals surface area (Å²) in [5.41, 5.74) is 3.53. The summed E-state index contributed by atoms with van der Waals surface area (Å²) in [7, 11) is 0. The molecule has 0 aliphatic carbocycles. The standard InChI is InChI=1S/C12H16O2/c1-8-4-5-11(9(2)6-8)7-10(3)12(13)14/h4-6,10H,7H2,1-3H3,(H,13,14)/t10-/m0/s1. The SMILES string of the molecule is Cc1ccc(C[C@H](C)C(=O)O)c(C)c1. The molecule has 0 aromatic heterocycles. The maximum atomic E-state index is 10.7. The van der Waals surface area contributed by atoms with Crippen LogP contribution in [0.5, 0.6) is 0 Å². The summed E-state index contributed by atoms with van der Waals surface area (Å²) in [5, 5.41) is 8.79. The molecule has 0 spiro atoms. The molecule has 76 valence electrons. The van der Waals surface area contributed by atoms with Crippen LogP contribution in [0, 0.1) is 19.8 Å². The number of carboxylic acid groups (broad SMARTS) is 1. The lowest BCUT2D eigenvalue weighted by Gasteiger charge is -2.09. The van der Waals surface area contributed by atoms with E-state index in [2.05, 4.69) is 6.07 Å². The van der Waals surface area contributed by atoms with Gasteiger partial charge in [-0.05, 0) is 31.4 Å². The van der Waals surface area contributed by atoms with Crippen molar-refractivity contribution in [3.63, 3.8) is 0 Å². The normalized spacial score (nSPS) is 12.5. The minimum atomic E-state index is -0.732. The molecule has 0 amide bonds. The summed E-state index contributed by atoms with van der Waals surface area (Å²) in [5.74, 6) is -1.04. The quantitative estimate of drug-likeness (QED) is 0.799. The number of carboxylic acids is 1. The first-order valence-corrected chi connectivity index (χ1v) is 4.79. The molecule has 0 aliphatic rings. The third kappa shape index (κ3) is 2.59. The first-order valence-electron chi connectivity index (χ1n) is 4.79. The van der Waals surface area contributed by atoms with E-state index in [1.165, 1.54) is 11.1 Å². The Hall–Kier alpha value is -1.31. The van der Waals surface area contributed by atoms with Crippen LogP contribution in [-0.2, 0) is 11.2 Å². The van der Waals surface area contributed by atoms with E-state index in [1.807, 2.05) is 26.0 Å². The van der Waals surface area contributed by atoms with Crippen molar-refractivity contribution >= 4 is 5.97 Å². The molecule has 1 rings (SSSR count). The van der Waals surface area contributed by atoms with E-state index >= 15 is 0 Å². The topological polar surface area (TPSA) is 37.3 Å². The third-order valence-corrected chi connectivity index (χ3v) is 2.45. The fourth-order valence-corrected chi connectivity index (χ4v) is 1.49. The fourth-order valence-electron chi connectivity index (χ4n) is 1.49. The van der Waals surface area contributed by atoms with Gasteiger partial charge in [0.25, 0.3) is 0 Å². The van der Waals surface area contributed by atoms with E-state index in [4.69, 9.17) is 5.11 Å². The first-order chi connectivity index (χ1) is 6.50.